The van der Waals surface area contributed by atoms with Crippen LogP contribution in [-0.2, 0) is 11.4 Å². The first-order valence-corrected chi connectivity index (χ1v) is 13.3. The highest BCUT2D eigenvalue weighted by Gasteiger charge is 2.36. The number of aliphatic imine (C=N–C) groups is 1. The molecule has 0 radical (unpaired) electrons. The minimum atomic E-state index is -0.503. The first-order chi connectivity index (χ1) is 18.4. The van der Waals surface area contributed by atoms with Crippen LogP contribution in [0.25, 0.3) is 6.08 Å². The monoisotopic (exact) mass is 633 g/mol. The lowest BCUT2D eigenvalue weighted by Crippen LogP contribution is -2.35. The number of hydrazone groups is 1. The Morgan fingerprint density at radius 3 is 2.68 bits per heavy atom. The fraction of sp³-hybridized carbons (Fsp3) is 0.107. The molecule has 8 nitrogen and oxygen atoms in total. The second-order valence-corrected chi connectivity index (χ2v) is 10.5. The summed E-state index contributed by atoms with van der Waals surface area (Å²) in [5.74, 6) is 0.443. The van der Waals surface area contributed by atoms with Crippen molar-refractivity contribution in [3.8, 4) is 17.6 Å². The summed E-state index contributed by atoms with van der Waals surface area (Å²) in [4.78, 5) is 17.1. The molecule has 3 aromatic carbocycles. The van der Waals surface area contributed by atoms with E-state index >= 15 is 0 Å². The number of methoxy groups -OCH3 is 1. The zero-order valence-corrected chi connectivity index (χ0v) is 23.3. The Bertz CT molecular complexity index is 1610. The Morgan fingerprint density at radius 1 is 1.18 bits per heavy atom. The van der Waals surface area contributed by atoms with Crippen LogP contribution in [0.1, 0.15) is 27.8 Å². The first kappa shape index (κ1) is 25.7. The molecule has 0 aliphatic carbocycles. The van der Waals surface area contributed by atoms with Crippen molar-refractivity contribution in [3.05, 3.63) is 97.6 Å². The summed E-state index contributed by atoms with van der Waals surface area (Å²) in [7, 11) is 1.53. The minimum absolute atomic E-state index is 0.0444. The molecule has 2 aliphatic rings. The van der Waals surface area contributed by atoms with Gasteiger partial charge in [0.25, 0.3) is 5.91 Å². The van der Waals surface area contributed by atoms with Crippen LogP contribution < -0.4 is 9.47 Å². The Kier molecular flexibility index (Phi) is 7.31. The lowest BCUT2D eigenvalue weighted by molar-refractivity contribution is -0.114. The van der Waals surface area contributed by atoms with E-state index in [4.69, 9.17) is 14.9 Å². The van der Waals surface area contributed by atoms with Crippen molar-refractivity contribution in [1.82, 2.24) is 5.01 Å². The van der Waals surface area contributed by atoms with Crippen molar-refractivity contribution < 1.29 is 14.3 Å². The Balaban J connectivity index is 1.41. The van der Waals surface area contributed by atoms with Gasteiger partial charge in [0, 0.05) is 11.1 Å². The summed E-state index contributed by atoms with van der Waals surface area (Å²) >= 11 is 3.40. The Labute approximate surface area is 237 Å². The van der Waals surface area contributed by atoms with E-state index in [2.05, 4.69) is 38.8 Å². The van der Waals surface area contributed by atoms with Crippen molar-refractivity contribution in [3.63, 3.8) is 0 Å². The maximum absolute atomic E-state index is 12.9. The van der Waals surface area contributed by atoms with E-state index in [-0.39, 0.29) is 18.0 Å². The van der Waals surface area contributed by atoms with Crippen LogP contribution >= 0.6 is 34.4 Å². The average Bonchev–Trinajstić information content (AvgIpc) is 3.34. The number of hydrogen-bond donors (Lipinski definition) is 1. The molecule has 0 unspecified atom stereocenters. The largest absolute Gasteiger partial charge is 0.493 e. The second kappa shape index (κ2) is 10.8. The topological polar surface area (TPSA) is 111 Å². The van der Waals surface area contributed by atoms with Crippen LogP contribution in [0.3, 0.4) is 0 Å². The number of halogens is 1. The molecule has 0 fully saturated rings. The summed E-state index contributed by atoms with van der Waals surface area (Å²) in [5.41, 5.74) is 4.12. The number of benzene rings is 3. The van der Waals surface area contributed by atoms with Gasteiger partial charge >= 0.3 is 0 Å². The standard InChI is InChI=1S/C28H20IN5O3S/c1-16-7-9-18(10-8-16)27-33-34-25(31)21(26(35)32-28(34)38-27)11-17-12-22(29)24(23(13-17)36-2)37-15-20-6-4-3-5-19(20)14-30/h3-13,31H,15H2,1-2H3. The third-order valence-corrected chi connectivity index (χ3v) is 7.58. The number of ether oxygens (including phenoxy) is 2. The molecule has 10 heteroatoms. The van der Waals surface area contributed by atoms with Crippen LogP contribution in [0.15, 0.2) is 76.3 Å². The van der Waals surface area contributed by atoms with Crippen LogP contribution in [0.4, 0.5) is 0 Å². The molecule has 3 aromatic rings. The lowest BCUT2D eigenvalue weighted by atomic mass is 10.1. The molecule has 2 aliphatic heterocycles. The second-order valence-electron chi connectivity index (χ2n) is 8.38. The highest BCUT2D eigenvalue weighted by molar-refractivity contribution is 14.1. The van der Waals surface area contributed by atoms with Gasteiger partial charge in [0.05, 0.1) is 27.9 Å². The SMILES string of the molecule is COc1cc(C=C2C(=N)N3N=C(c4ccc(C)cc4)SC3=NC2=O)cc(I)c1OCc1ccccc1C#N. The van der Waals surface area contributed by atoms with Gasteiger partial charge in [0.15, 0.2) is 17.3 Å². The smallest absolute Gasteiger partial charge is 0.283 e. The number of thioether (sulfide) groups is 1. The lowest BCUT2D eigenvalue weighted by Gasteiger charge is -2.20. The number of nitriles is 1. The molecule has 2 heterocycles. The first-order valence-electron chi connectivity index (χ1n) is 11.4. The third kappa shape index (κ3) is 5.07. The van der Waals surface area contributed by atoms with Crippen LogP contribution in [0.5, 0.6) is 11.5 Å². The summed E-state index contributed by atoms with van der Waals surface area (Å²) in [6.07, 6.45) is 1.61. The molecule has 1 amide bonds. The van der Waals surface area contributed by atoms with Gasteiger partial charge in [-0.3, -0.25) is 10.2 Å². The highest BCUT2D eigenvalue weighted by Crippen LogP contribution is 2.36. The van der Waals surface area contributed by atoms with E-state index in [1.165, 1.54) is 23.9 Å². The van der Waals surface area contributed by atoms with E-state index in [9.17, 15) is 10.1 Å². The molecule has 1 N–H and O–H groups in total. The molecule has 188 valence electrons. The number of amides is 1. The molecule has 5 rings (SSSR count). The predicted octanol–water partition coefficient (Wildman–Crippen LogP) is 5.73. The maximum Gasteiger partial charge on any atom is 0.283 e. The van der Waals surface area contributed by atoms with Gasteiger partial charge in [0.2, 0.25) is 5.17 Å². The number of carbonyl (C=O) groups excluding carboxylic acids is 1. The number of nitrogens with zero attached hydrogens (tertiary/aromatic N) is 4. The number of rotatable bonds is 6. The van der Waals surface area contributed by atoms with Crippen molar-refractivity contribution in [2.45, 2.75) is 13.5 Å². The molecular formula is C28H20IN5O3S. The molecule has 38 heavy (non-hydrogen) atoms. The van der Waals surface area contributed by atoms with Gasteiger partial charge in [-0.25, -0.2) is 0 Å². The van der Waals surface area contributed by atoms with Crippen molar-refractivity contribution in [2.75, 3.05) is 7.11 Å². The number of fused-ring (bicyclic) bond motifs is 1. The summed E-state index contributed by atoms with van der Waals surface area (Å²) < 4.78 is 12.3. The van der Waals surface area contributed by atoms with Gasteiger partial charge in [-0.1, -0.05) is 48.0 Å². The van der Waals surface area contributed by atoms with Gasteiger partial charge in [0.1, 0.15) is 11.7 Å². The van der Waals surface area contributed by atoms with Crippen molar-refractivity contribution >= 4 is 62.4 Å². The van der Waals surface area contributed by atoms with Crippen molar-refractivity contribution in [1.29, 1.82) is 10.7 Å². The molecule has 0 aromatic heterocycles. The number of amidine groups is 2. The number of aryl methyl sites for hydroxylation is 1. The molecule has 0 saturated heterocycles. The van der Waals surface area contributed by atoms with Gasteiger partial charge in [-0.05, 0) is 71.1 Å². The minimum Gasteiger partial charge on any atom is -0.493 e. The molecule has 0 spiro atoms. The molecule has 0 atom stereocenters. The average molecular weight is 633 g/mol. The van der Waals surface area contributed by atoms with Gasteiger partial charge in [-0.2, -0.15) is 20.4 Å². The van der Waals surface area contributed by atoms with Crippen LogP contribution in [0, 0.1) is 27.2 Å². The quantitative estimate of drug-likeness (QED) is 0.275. The van der Waals surface area contributed by atoms with E-state index < -0.39 is 5.91 Å². The molecule has 0 saturated carbocycles. The summed E-state index contributed by atoms with van der Waals surface area (Å²) in [6.45, 7) is 2.21. The zero-order valence-electron chi connectivity index (χ0n) is 20.4. The fourth-order valence-corrected chi connectivity index (χ4v) is 5.52. The predicted molar refractivity (Wildman–Crippen MR) is 156 cm³/mol. The fourth-order valence-electron chi connectivity index (χ4n) is 3.84. The normalized spacial score (nSPS) is 15.6. The van der Waals surface area contributed by atoms with Crippen molar-refractivity contribution in [2.24, 2.45) is 10.1 Å². The van der Waals surface area contributed by atoms with Crippen LogP contribution in [-0.4, -0.2) is 34.1 Å². The molecule has 0 bridgehead atoms. The van der Waals surface area contributed by atoms with E-state index in [0.29, 0.717) is 32.8 Å². The summed E-state index contributed by atoms with van der Waals surface area (Å²) in [6, 6.07) is 20.9. The zero-order chi connectivity index (χ0) is 26.8. The third-order valence-electron chi connectivity index (χ3n) is 5.83. The van der Waals surface area contributed by atoms with Gasteiger partial charge in [-0.15, -0.1) is 0 Å². The highest BCUT2D eigenvalue weighted by atomic mass is 127. The number of carbonyl (C=O) groups is 1. The molecular weight excluding hydrogens is 613 g/mol. The number of hydrogen-bond acceptors (Lipinski definition) is 7. The van der Waals surface area contributed by atoms with E-state index in [1.54, 1.807) is 24.3 Å². The van der Waals surface area contributed by atoms with E-state index in [1.807, 2.05) is 49.4 Å². The Hall–Kier alpha value is -3.95. The van der Waals surface area contributed by atoms with Crippen LogP contribution in [0.2, 0.25) is 0 Å². The maximum atomic E-state index is 12.9. The van der Waals surface area contributed by atoms with Gasteiger partial charge < -0.3 is 9.47 Å². The summed E-state index contributed by atoms with van der Waals surface area (Å²) in [5, 5.41) is 25.0. The Morgan fingerprint density at radius 2 is 1.95 bits per heavy atom. The van der Waals surface area contributed by atoms with E-state index in [0.717, 1.165) is 20.3 Å². The number of nitrogens with one attached hydrogen (secondary N) is 1.